The van der Waals surface area contributed by atoms with Crippen molar-refractivity contribution in [3.05, 3.63) is 41.3 Å². The first-order valence-electron chi connectivity index (χ1n) is 8.90. The van der Waals surface area contributed by atoms with E-state index in [2.05, 4.69) is 24.2 Å². The van der Waals surface area contributed by atoms with Crippen LogP contribution in [0.25, 0.3) is 10.2 Å². The van der Waals surface area contributed by atoms with Gasteiger partial charge in [-0.2, -0.15) is 0 Å². The molecular weight excluding hydrogens is 350 g/mol. The molecule has 1 saturated heterocycles. The fourth-order valence-corrected chi connectivity index (χ4v) is 4.17. The van der Waals surface area contributed by atoms with Crippen LogP contribution in [0.2, 0.25) is 0 Å². The van der Waals surface area contributed by atoms with Crippen molar-refractivity contribution < 1.29 is 14.1 Å². The summed E-state index contributed by atoms with van der Waals surface area (Å²) in [4.78, 5) is 19.4. The van der Waals surface area contributed by atoms with E-state index in [1.807, 2.05) is 6.07 Å². The number of carbonyl (C=O) groups is 1. The summed E-state index contributed by atoms with van der Waals surface area (Å²) in [6.07, 6.45) is 2.98. The average Bonchev–Trinajstić information content (AvgIpc) is 3.38. The molecule has 0 bridgehead atoms. The van der Waals surface area contributed by atoms with Crippen LogP contribution >= 0.6 is 11.3 Å². The van der Waals surface area contributed by atoms with Gasteiger partial charge in [-0.1, -0.05) is 29.5 Å². The summed E-state index contributed by atoms with van der Waals surface area (Å²) >= 11 is 1.53. The molecule has 0 radical (unpaired) electrons. The number of fused-ring (bicyclic) bond motifs is 1. The van der Waals surface area contributed by atoms with Gasteiger partial charge < -0.3 is 9.26 Å². The van der Waals surface area contributed by atoms with Crippen molar-refractivity contribution in [3.8, 4) is 0 Å². The van der Waals surface area contributed by atoms with Crippen molar-refractivity contribution >= 4 is 32.6 Å². The van der Waals surface area contributed by atoms with Gasteiger partial charge >= 0.3 is 0 Å². The SMILES string of the molecule is CCc1ccc2nc(N(CC3CCCO3)C(=O)c3cc(C)on3)sc2c1. The predicted molar refractivity (Wildman–Crippen MR) is 101 cm³/mol. The van der Waals surface area contributed by atoms with Gasteiger partial charge in [-0.05, 0) is 43.9 Å². The molecule has 7 heteroatoms. The number of anilines is 1. The summed E-state index contributed by atoms with van der Waals surface area (Å²) in [6, 6.07) is 7.90. The summed E-state index contributed by atoms with van der Waals surface area (Å²) in [5.74, 6) is 0.412. The van der Waals surface area contributed by atoms with Crippen LogP contribution in [0.15, 0.2) is 28.8 Å². The van der Waals surface area contributed by atoms with Gasteiger partial charge in [0.05, 0.1) is 22.9 Å². The number of aryl methyl sites for hydroxylation is 2. The second kappa shape index (κ2) is 7.17. The smallest absolute Gasteiger partial charge is 0.282 e. The zero-order valence-corrected chi connectivity index (χ0v) is 15.7. The normalized spacial score (nSPS) is 17.1. The number of benzene rings is 1. The van der Waals surface area contributed by atoms with Gasteiger partial charge in [0.1, 0.15) is 5.76 Å². The van der Waals surface area contributed by atoms with Gasteiger partial charge in [0.25, 0.3) is 5.91 Å². The Hall–Kier alpha value is -2.25. The van der Waals surface area contributed by atoms with Gasteiger partial charge in [0.2, 0.25) is 0 Å². The van der Waals surface area contributed by atoms with Crippen molar-refractivity contribution in [2.75, 3.05) is 18.1 Å². The average molecular weight is 371 g/mol. The summed E-state index contributed by atoms with van der Waals surface area (Å²) < 4.78 is 11.9. The van der Waals surface area contributed by atoms with Crippen molar-refractivity contribution in [1.29, 1.82) is 0 Å². The molecule has 3 aromatic rings. The summed E-state index contributed by atoms with van der Waals surface area (Å²) in [5.41, 5.74) is 2.47. The van der Waals surface area contributed by atoms with E-state index in [-0.39, 0.29) is 12.0 Å². The van der Waals surface area contributed by atoms with Crippen molar-refractivity contribution in [2.24, 2.45) is 0 Å². The number of hydrogen-bond acceptors (Lipinski definition) is 6. The molecule has 2 aromatic heterocycles. The molecule has 136 valence electrons. The lowest BCUT2D eigenvalue weighted by Gasteiger charge is -2.21. The molecule has 1 aromatic carbocycles. The van der Waals surface area contributed by atoms with Crippen molar-refractivity contribution in [1.82, 2.24) is 10.1 Å². The zero-order chi connectivity index (χ0) is 18.1. The third kappa shape index (κ3) is 3.37. The van der Waals surface area contributed by atoms with Crippen molar-refractivity contribution in [2.45, 2.75) is 39.2 Å². The van der Waals surface area contributed by atoms with Gasteiger partial charge in [-0.3, -0.25) is 9.69 Å². The quantitative estimate of drug-likeness (QED) is 0.678. The lowest BCUT2D eigenvalue weighted by atomic mass is 10.2. The second-order valence-electron chi connectivity index (χ2n) is 6.53. The van der Waals surface area contributed by atoms with Crippen LogP contribution in [0.1, 0.15) is 41.6 Å². The van der Waals surface area contributed by atoms with E-state index in [1.54, 1.807) is 17.9 Å². The molecule has 26 heavy (non-hydrogen) atoms. The highest BCUT2D eigenvalue weighted by atomic mass is 32.1. The maximum absolute atomic E-state index is 13.1. The highest BCUT2D eigenvalue weighted by Gasteiger charge is 2.28. The molecule has 0 spiro atoms. The number of ether oxygens (including phenoxy) is 1. The van der Waals surface area contributed by atoms with Crippen LogP contribution in [0.3, 0.4) is 0 Å². The van der Waals surface area contributed by atoms with Crippen LogP contribution in [0, 0.1) is 6.92 Å². The Morgan fingerprint density at radius 1 is 1.38 bits per heavy atom. The highest BCUT2D eigenvalue weighted by molar-refractivity contribution is 7.22. The minimum absolute atomic E-state index is 0.0326. The standard InChI is InChI=1S/C19H21N3O3S/c1-3-13-6-7-15-17(10-13)26-19(20-15)22(11-14-5-4-8-24-14)18(23)16-9-12(2)25-21-16/h6-7,9-10,14H,3-5,8,11H2,1-2H3. The van der Waals surface area contributed by atoms with E-state index in [4.69, 9.17) is 14.2 Å². The first-order valence-corrected chi connectivity index (χ1v) is 9.72. The number of rotatable bonds is 5. The van der Waals surface area contributed by atoms with Gasteiger partial charge in [-0.25, -0.2) is 4.98 Å². The van der Waals surface area contributed by atoms with Gasteiger partial charge in [0.15, 0.2) is 10.8 Å². The maximum atomic E-state index is 13.1. The number of aromatic nitrogens is 2. The van der Waals surface area contributed by atoms with Crippen LogP contribution < -0.4 is 4.90 Å². The van der Waals surface area contributed by atoms with E-state index in [1.165, 1.54) is 16.9 Å². The summed E-state index contributed by atoms with van der Waals surface area (Å²) in [6.45, 7) is 5.13. The minimum atomic E-state index is -0.202. The molecular formula is C19H21N3O3S. The third-order valence-electron chi connectivity index (χ3n) is 4.58. The number of nitrogens with zero attached hydrogens (tertiary/aromatic N) is 3. The van der Waals surface area contributed by atoms with Crippen LogP contribution in [-0.2, 0) is 11.2 Å². The molecule has 0 N–H and O–H groups in total. The Kier molecular flexibility index (Phi) is 4.74. The third-order valence-corrected chi connectivity index (χ3v) is 5.62. The molecule has 1 unspecified atom stereocenters. The lowest BCUT2D eigenvalue weighted by Crippen LogP contribution is -2.37. The zero-order valence-electron chi connectivity index (χ0n) is 14.9. The lowest BCUT2D eigenvalue weighted by molar-refractivity contribution is 0.0910. The Labute approximate surface area is 155 Å². The Balaban J connectivity index is 1.70. The number of amides is 1. The molecule has 1 atom stereocenters. The van der Waals surface area contributed by atoms with E-state index in [9.17, 15) is 4.79 Å². The topological polar surface area (TPSA) is 68.5 Å². The fraction of sp³-hybridized carbons (Fsp3) is 0.421. The number of thiazole rings is 1. The van der Waals surface area contributed by atoms with E-state index in [0.29, 0.717) is 23.1 Å². The highest BCUT2D eigenvalue weighted by Crippen LogP contribution is 2.31. The molecule has 1 aliphatic rings. The first-order chi connectivity index (χ1) is 12.6. The predicted octanol–water partition coefficient (Wildman–Crippen LogP) is 3.98. The van der Waals surface area contributed by atoms with E-state index < -0.39 is 0 Å². The maximum Gasteiger partial charge on any atom is 0.282 e. The largest absolute Gasteiger partial charge is 0.376 e. The molecule has 1 fully saturated rings. The second-order valence-corrected chi connectivity index (χ2v) is 7.53. The summed E-state index contributed by atoms with van der Waals surface area (Å²) in [5, 5.41) is 4.56. The van der Waals surface area contributed by atoms with E-state index in [0.717, 1.165) is 36.1 Å². The molecule has 4 rings (SSSR count). The molecule has 3 heterocycles. The molecule has 1 aliphatic heterocycles. The van der Waals surface area contributed by atoms with Crippen LogP contribution in [0.4, 0.5) is 5.13 Å². The Bertz CT molecular complexity index is 927. The number of carbonyl (C=O) groups excluding carboxylic acids is 1. The Morgan fingerprint density at radius 3 is 2.96 bits per heavy atom. The van der Waals surface area contributed by atoms with Gasteiger partial charge in [0, 0.05) is 12.7 Å². The number of hydrogen-bond donors (Lipinski definition) is 0. The van der Waals surface area contributed by atoms with Gasteiger partial charge in [-0.15, -0.1) is 0 Å². The molecule has 6 nitrogen and oxygen atoms in total. The van der Waals surface area contributed by atoms with Crippen molar-refractivity contribution in [3.63, 3.8) is 0 Å². The van der Waals surface area contributed by atoms with Crippen LogP contribution in [-0.4, -0.2) is 35.3 Å². The van der Waals surface area contributed by atoms with E-state index >= 15 is 0 Å². The first kappa shape index (κ1) is 17.2. The Morgan fingerprint density at radius 2 is 2.27 bits per heavy atom. The monoisotopic (exact) mass is 371 g/mol. The summed E-state index contributed by atoms with van der Waals surface area (Å²) in [7, 11) is 0. The molecule has 0 aliphatic carbocycles. The minimum Gasteiger partial charge on any atom is -0.376 e. The fourth-order valence-electron chi connectivity index (χ4n) is 3.14. The molecule has 1 amide bonds. The van der Waals surface area contributed by atoms with Crippen LogP contribution in [0.5, 0.6) is 0 Å². The molecule has 0 saturated carbocycles.